The molecule has 1 saturated heterocycles. The van der Waals surface area contributed by atoms with Gasteiger partial charge in [-0.15, -0.1) is 0 Å². The molecule has 1 amide bonds. The summed E-state index contributed by atoms with van der Waals surface area (Å²) < 4.78 is 16.1. The van der Waals surface area contributed by atoms with E-state index in [1.165, 1.54) is 4.90 Å². The smallest absolute Gasteiger partial charge is 0.305 e. The fourth-order valence-electron chi connectivity index (χ4n) is 2.80. The van der Waals surface area contributed by atoms with E-state index in [1.807, 2.05) is 24.3 Å². The normalized spacial score (nSPS) is 17.3. The van der Waals surface area contributed by atoms with Gasteiger partial charge in [0, 0.05) is 12.1 Å². The van der Waals surface area contributed by atoms with Crippen LogP contribution in [0.5, 0.6) is 5.75 Å². The number of amides is 1. The Morgan fingerprint density at radius 1 is 1.24 bits per heavy atom. The molecule has 7 heteroatoms. The predicted molar refractivity (Wildman–Crippen MR) is 88.6 cm³/mol. The lowest BCUT2D eigenvalue weighted by Gasteiger charge is -2.34. The molecule has 25 heavy (non-hydrogen) atoms. The number of methoxy groups -OCH3 is 1. The van der Waals surface area contributed by atoms with Crippen molar-refractivity contribution in [2.24, 2.45) is 0 Å². The second kappa shape index (κ2) is 7.40. The monoisotopic (exact) mass is 345 g/mol. The number of furan rings is 1. The minimum atomic E-state index is -0.966. The van der Waals surface area contributed by atoms with Crippen LogP contribution < -0.4 is 4.74 Å². The highest BCUT2D eigenvalue weighted by Gasteiger charge is 2.31. The minimum Gasteiger partial charge on any atom is -0.497 e. The lowest BCUT2D eigenvalue weighted by Crippen LogP contribution is -2.49. The number of carboxylic acids is 1. The topological polar surface area (TPSA) is 89.2 Å². The third-order valence-corrected chi connectivity index (χ3v) is 4.09. The van der Waals surface area contributed by atoms with Gasteiger partial charge in [-0.05, 0) is 36.4 Å². The van der Waals surface area contributed by atoms with E-state index in [2.05, 4.69) is 0 Å². The second-order valence-corrected chi connectivity index (χ2v) is 5.72. The molecular weight excluding hydrogens is 326 g/mol. The molecule has 2 heterocycles. The summed E-state index contributed by atoms with van der Waals surface area (Å²) in [6, 6.07) is 10.1. The van der Waals surface area contributed by atoms with Crippen LogP contribution in [0, 0.1) is 0 Å². The van der Waals surface area contributed by atoms with E-state index < -0.39 is 12.0 Å². The Balaban J connectivity index is 1.77. The summed E-state index contributed by atoms with van der Waals surface area (Å²) in [6.45, 7) is 0.938. The molecule has 0 aliphatic carbocycles. The molecule has 1 aliphatic rings. The van der Waals surface area contributed by atoms with Crippen LogP contribution in [0.1, 0.15) is 17.0 Å². The highest BCUT2D eigenvalue weighted by molar-refractivity contribution is 5.92. The van der Waals surface area contributed by atoms with Gasteiger partial charge in [0.05, 0.1) is 32.8 Å². The Morgan fingerprint density at radius 2 is 2.00 bits per heavy atom. The molecule has 3 rings (SSSR count). The van der Waals surface area contributed by atoms with Crippen LogP contribution >= 0.6 is 0 Å². The first-order chi connectivity index (χ1) is 12.1. The van der Waals surface area contributed by atoms with Crippen LogP contribution in [0.3, 0.4) is 0 Å². The van der Waals surface area contributed by atoms with Gasteiger partial charge >= 0.3 is 5.97 Å². The van der Waals surface area contributed by atoms with E-state index in [0.29, 0.717) is 18.9 Å². The van der Waals surface area contributed by atoms with Crippen molar-refractivity contribution in [2.45, 2.75) is 12.5 Å². The molecule has 0 bridgehead atoms. The van der Waals surface area contributed by atoms with Gasteiger partial charge in [0.2, 0.25) is 0 Å². The average molecular weight is 345 g/mol. The molecule has 1 aromatic heterocycles. The number of carboxylic acid groups (broad SMARTS) is 1. The van der Waals surface area contributed by atoms with Crippen molar-refractivity contribution in [3.8, 4) is 17.1 Å². The number of hydrogen-bond acceptors (Lipinski definition) is 5. The first-order valence-electron chi connectivity index (χ1n) is 7.93. The molecule has 7 nitrogen and oxygen atoms in total. The highest BCUT2D eigenvalue weighted by Crippen LogP contribution is 2.26. The second-order valence-electron chi connectivity index (χ2n) is 5.72. The van der Waals surface area contributed by atoms with E-state index in [1.54, 1.807) is 19.2 Å². The molecule has 132 valence electrons. The molecule has 0 spiro atoms. The number of aliphatic carboxylic acids is 1. The average Bonchev–Trinajstić information content (AvgIpc) is 3.11. The third-order valence-electron chi connectivity index (χ3n) is 4.09. The van der Waals surface area contributed by atoms with E-state index >= 15 is 0 Å². The minimum absolute atomic E-state index is 0.155. The largest absolute Gasteiger partial charge is 0.497 e. The zero-order valence-electron chi connectivity index (χ0n) is 13.8. The van der Waals surface area contributed by atoms with Crippen molar-refractivity contribution in [3.63, 3.8) is 0 Å². The zero-order valence-corrected chi connectivity index (χ0v) is 13.8. The molecule has 0 unspecified atom stereocenters. The van der Waals surface area contributed by atoms with Crippen molar-refractivity contribution in [3.05, 3.63) is 42.2 Å². The first kappa shape index (κ1) is 17.0. The predicted octanol–water partition coefficient (Wildman–Crippen LogP) is 2.27. The summed E-state index contributed by atoms with van der Waals surface area (Å²) in [5, 5.41) is 9.00. The van der Waals surface area contributed by atoms with Gasteiger partial charge in [-0.1, -0.05) is 0 Å². The van der Waals surface area contributed by atoms with Crippen LogP contribution in [0.2, 0.25) is 0 Å². The first-order valence-corrected chi connectivity index (χ1v) is 7.93. The number of benzene rings is 1. The summed E-state index contributed by atoms with van der Waals surface area (Å²) in [5.41, 5.74) is 0.823. The van der Waals surface area contributed by atoms with Gasteiger partial charge in [0.25, 0.3) is 5.91 Å². The Kier molecular flexibility index (Phi) is 5.04. The SMILES string of the molecule is COc1ccc(-c2ccc(C(=O)N3CCOC[C@H]3CC(=O)O)o2)cc1. The molecule has 1 fully saturated rings. The summed E-state index contributed by atoms with van der Waals surface area (Å²) in [6.07, 6.45) is -0.155. The summed E-state index contributed by atoms with van der Waals surface area (Å²) in [5.74, 6) is 0.189. The number of carbonyl (C=O) groups excluding carboxylic acids is 1. The molecule has 0 saturated carbocycles. The zero-order chi connectivity index (χ0) is 17.8. The van der Waals surface area contributed by atoms with Gasteiger partial charge in [0.1, 0.15) is 11.5 Å². The van der Waals surface area contributed by atoms with Gasteiger partial charge in [-0.3, -0.25) is 9.59 Å². The van der Waals surface area contributed by atoms with Gasteiger partial charge in [0.15, 0.2) is 5.76 Å². The number of rotatable bonds is 5. The Morgan fingerprint density at radius 3 is 2.68 bits per heavy atom. The van der Waals surface area contributed by atoms with Gasteiger partial charge in [-0.25, -0.2) is 0 Å². The number of ether oxygens (including phenoxy) is 2. The maximum atomic E-state index is 12.7. The van der Waals surface area contributed by atoms with Crippen molar-refractivity contribution >= 4 is 11.9 Å². The van der Waals surface area contributed by atoms with Crippen LogP contribution in [-0.4, -0.2) is 54.8 Å². The number of nitrogens with zero attached hydrogens (tertiary/aromatic N) is 1. The highest BCUT2D eigenvalue weighted by atomic mass is 16.5. The Bertz CT molecular complexity index is 751. The van der Waals surface area contributed by atoms with Crippen LogP contribution in [0.15, 0.2) is 40.8 Å². The molecular formula is C18H19NO6. The third kappa shape index (κ3) is 3.83. The lowest BCUT2D eigenvalue weighted by molar-refractivity contribution is -0.139. The van der Waals surface area contributed by atoms with Crippen molar-refractivity contribution in [2.75, 3.05) is 26.9 Å². The summed E-state index contributed by atoms with van der Waals surface area (Å²) in [7, 11) is 1.59. The van der Waals surface area contributed by atoms with E-state index in [4.69, 9.17) is 19.0 Å². The Hall–Kier alpha value is -2.80. The van der Waals surface area contributed by atoms with Gasteiger partial charge < -0.3 is 23.9 Å². The fourth-order valence-corrected chi connectivity index (χ4v) is 2.80. The molecule has 1 aromatic carbocycles. The Labute approximate surface area is 144 Å². The molecule has 1 aliphatic heterocycles. The van der Waals surface area contributed by atoms with E-state index in [0.717, 1.165) is 11.3 Å². The van der Waals surface area contributed by atoms with Crippen molar-refractivity contribution in [1.82, 2.24) is 4.90 Å². The molecule has 1 N–H and O–H groups in total. The molecule has 1 atom stereocenters. The van der Waals surface area contributed by atoms with Crippen LogP contribution in [-0.2, 0) is 9.53 Å². The summed E-state index contributed by atoms with van der Waals surface area (Å²) >= 11 is 0. The number of hydrogen-bond donors (Lipinski definition) is 1. The number of morpholine rings is 1. The van der Waals surface area contributed by atoms with E-state index in [9.17, 15) is 9.59 Å². The van der Waals surface area contributed by atoms with Gasteiger partial charge in [-0.2, -0.15) is 0 Å². The van der Waals surface area contributed by atoms with E-state index in [-0.39, 0.29) is 24.7 Å². The number of carbonyl (C=O) groups is 2. The van der Waals surface area contributed by atoms with Crippen LogP contribution in [0.4, 0.5) is 0 Å². The molecule has 0 radical (unpaired) electrons. The molecule has 2 aromatic rings. The summed E-state index contributed by atoms with van der Waals surface area (Å²) in [4.78, 5) is 25.2. The van der Waals surface area contributed by atoms with Crippen LogP contribution in [0.25, 0.3) is 11.3 Å². The lowest BCUT2D eigenvalue weighted by atomic mass is 10.1. The fraction of sp³-hybridized carbons (Fsp3) is 0.333. The maximum Gasteiger partial charge on any atom is 0.305 e. The standard InChI is InChI=1S/C18H19NO6/c1-23-14-4-2-12(3-5-14)15-6-7-16(25-15)18(22)19-8-9-24-11-13(19)10-17(20)21/h2-7,13H,8-11H2,1H3,(H,20,21)/t13-/m1/s1. The van der Waals surface area contributed by atoms with Crippen molar-refractivity contribution in [1.29, 1.82) is 0 Å². The van der Waals surface area contributed by atoms with Crippen molar-refractivity contribution < 1.29 is 28.6 Å². The maximum absolute atomic E-state index is 12.7. The quantitative estimate of drug-likeness (QED) is 0.894.